The summed E-state index contributed by atoms with van der Waals surface area (Å²) in [6.45, 7) is 6.65. The number of rotatable bonds is 6. The Balaban J connectivity index is 1.64. The number of aliphatic imine (C=N–C) groups is 1. The number of furan rings is 1. The lowest BCUT2D eigenvalue weighted by atomic mass is 10.1. The van der Waals surface area contributed by atoms with Crippen LogP contribution in [0.3, 0.4) is 0 Å². The summed E-state index contributed by atoms with van der Waals surface area (Å²) in [4.78, 5) is 46.8. The Morgan fingerprint density at radius 1 is 1.11 bits per heavy atom. The quantitative estimate of drug-likeness (QED) is 0.272. The van der Waals surface area contributed by atoms with Crippen molar-refractivity contribution in [2.24, 2.45) is 4.99 Å². The second-order valence-corrected chi connectivity index (χ2v) is 9.59. The summed E-state index contributed by atoms with van der Waals surface area (Å²) < 4.78 is 5.64. The van der Waals surface area contributed by atoms with Crippen LogP contribution in [0.2, 0.25) is 0 Å². The van der Waals surface area contributed by atoms with Crippen molar-refractivity contribution in [2.75, 3.05) is 31.5 Å². The lowest BCUT2D eigenvalue weighted by Gasteiger charge is -2.25. The van der Waals surface area contributed by atoms with Crippen molar-refractivity contribution in [1.29, 1.82) is 0 Å². The van der Waals surface area contributed by atoms with Crippen molar-refractivity contribution >= 4 is 40.1 Å². The van der Waals surface area contributed by atoms with E-state index in [2.05, 4.69) is 10.3 Å². The highest BCUT2D eigenvalue weighted by molar-refractivity contribution is 6.26. The third-order valence-electron chi connectivity index (χ3n) is 6.68. The first kappa shape index (κ1) is 25.5. The summed E-state index contributed by atoms with van der Waals surface area (Å²) in [7, 11) is 0. The van der Waals surface area contributed by atoms with Gasteiger partial charge in [0.05, 0.1) is 12.1 Å². The molecule has 2 aromatic rings. The number of anilines is 1. The number of amides is 2. The molecule has 9 heteroatoms. The molecule has 2 aliphatic rings. The second kappa shape index (κ2) is 11.0. The van der Waals surface area contributed by atoms with Crippen molar-refractivity contribution in [1.82, 2.24) is 9.80 Å². The van der Waals surface area contributed by atoms with Gasteiger partial charge in [-0.3, -0.25) is 19.4 Å². The van der Waals surface area contributed by atoms with Gasteiger partial charge < -0.3 is 24.6 Å². The number of likely N-dealkylation sites (tertiary alicyclic amines) is 2. The Kier molecular flexibility index (Phi) is 7.76. The monoisotopic (exact) mass is 494 g/mol. The number of Topliss-reactive ketones (excluding diaryl/α,β-unsaturated/α-hetero) is 1. The molecule has 9 nitrogen and oxygen atoms in total. The van der Waals surface area contributed by atoms with Crippen LogP contribution in [0.25, 0.3) is 11.0 Å². The van der Waals surface area contributed by atoms with Crippen LogP contribution in [0.5, 0.6) is 0 Å². The lowest BCUT2D eigenvalue weighted by Crippen LogP contribution is -2.45. The maximum atomic E-state index is 13.5. The van der Waals surface area contributed by atoms with E-state index >= 15 is 0 Å². The summed E-state index contributed by atoms with van der Waals surface area (Å²) in [6, 6.07) is 6.60. The van der Waals surface area contributed by atoms with Crippen LogP contribution in [-0.4, -0.2) is 70.6 Å². The Labute approximate surface area is 210 Å². The zero-order chi connectivity index (χ0) is 25.8. The molecular weight excluding hydrogens is 460 g/mol. The maximum absolute atomic E-state index is 13.5. The standard InChI is InChI=1S/C27H34N4O5/c1-17-14-20-15-21(9-10-23(20)36-17)28-26(25(18(2)32)19(3)33)29-22-8-4-5-13-31(27(22)35)16-24(34)30-11-6-7-12-30/h9-10,14-15,22,32H,4-8,11-13,16H2,1-3H3,(H,28,29)/t22-/m0/s1. The van der Waals surface area contributed by atoms with E-state index < -0.39 is 6.04 Å². The predicted molar refractivity (Wildman–Crippen MR) is 138 cm³/mol. The fraction of sp³-hybridized carbons (Fsp3) is 0.481. The van der Waals surface area contributed by atoms with Crippen LogP contribution in [0.4, 0.5) is 5.69 Å². The van der Waals surface area contributed by atoms with Gasteiger partial charge in [-0.25, -0.2) is 0 Å². The number of aliphatic hydroxyl groups excluding tert-OH is 1. The number of carbonyl (C=O) groups excluding carboxylic acids is 3. The van der Waals surface area contributed by atoms with Crippen LogP contribution in [0, 0.1) is 6.92 Å². The molecule has 0 spiro atoms. The molecule has 1 aromatic carbocycles. The third-order valence-corrected chi connectivity index (χ3v) is 6.68. The van der Waals surface area contributed by atoms with Crippen molar-refractivity contribution < 1.29 is 23.9 Å². The number of hydrogen-bond acceptors (Lipinski definition) is 6. The van der Waals surface area contributed by atoms with E-state index in [9.17, 15) is 19.5 Å². The van der Waals surface area contributed by atoms with Gasteiger partial charge in [0.1, 0.15) is 29.0 Å². The second-order valence-electron chi connectivity index (χ2n) is 9.59. The lowest BCUT2D eigenvalue weighted by molar-refractivity contribution is -0.140. The van der Waals surface area contributed by atoms with Crippen molar-refractivity contribution in [2.45, 2.75) is 58.9 Å². The van der Waals surface area contributed by atoms with Gasteiger partial charge >= 0.3 is 0 Å². The minimum absolute atomic E-state index is 0.0233. The van der Waals surface area contributed by atoms with E-state index in [1.807, 2.05) is 30.0 Å². The number of ketones is 1. The molecule has 4 rings (SSSR count). The molecule has 2 saturated heterocycles. The van der Waals surface area contributed by atoms with Gasteiger partial charge in [0.2, 0.25) is 11.8 Å². The van der Waals surface area contributed by atoms with Gasteiger partial charge in [-0.1, -0.05) is 0 Å². The minimum atomic E-state index is -0.769. The fourth-order valence-electron chi connectivity index (χ4n) is 4.89. The van der Waals surface area contributed by atoms with Gasteiger partial charge in [0.25, 0.3) is 0 Å². The Bertz CT molecular complexity index is 1220. The number of hydrogen-bond donors (Lipinski definition) is 2. The summed E-state index contributed by atoms with van der Waals surface area (Å²) >= 11 is 0. The SMILES string of the molecule is CC(=O)C(C(=N[C@H]1CCCCN(CC(=O)N2CCCC2)C1=O)Nc1ccc2oc(C)cc2c1)=C(C)O. The summed E-state index contributed by atoms with van der Waals surface area (Å²) in [6.07, 6.45) is 4.02. The van der Waals surface area contributed by atoms with Crippen molar-refractivity contribution in [3.63, 3.8) is 0 Å². The zero-order valence-electron chi connectivity index (χ0n) is 21.2. The van der Waals surface area contributed by atoms with E-state index in [0.29, 0.717) is 18.7 Å². The average Bonchev–Trinajstić information content (AvgIpc) is 3.44. The van der Waals surface area contributed by atoms with Crippen LogP contribution in [0.15, 0.2) is 45.0 Å². The molecule has 2 N–H and O–H groups in total. The number of aryl methyl sites for hydroxylation is 1. The smallest absolute Gasteiger partial charge is 0.247 e. The number of aliphatic hydroxyl groups is 1. The van der Waals surface area contributed by atoms with E-state index in [1.54, 1.807) is 11.0 Å². The average molecular weight is 495 g/mol. The molecule has 2 aliphatic heterocycles. The first-order chi connectivity index (χ1) is 17.2. The number of allylic oxidation sites excluding steroid dienone is 1. The molecule has 0 unspecified atom stereocenters. The van der Waals surface area contributed by atoms with Crippen LogP contribution >= 0.6 is 0 Å². The van der Waals surface area contributed by atoms with Gasteiger partial charge in [-0.05, 0) is 77.1 Å². The molecule has 192 valence electrons. The fourth-order valence-corrected chi connectivity index (χ4v) is 4.89. The molecule has 36 heavy (non-hydrogen) atoms. The van der Waals surface area contributed by atoms with Crippen LogP contribution in [-0.2, 0) is 14.4 Å². The number of nitrogens with zero attached hydrogens (tertiary/aromatic N) is 3. The van der Waals surface area contributed by atoms with Gasteiger partial charge in [-0.15, -0.1) is 0 Å². The third kappa shape index (κ3) is 5.78. The zero-order valence-corrected chi connectivity index (χ0v) is 21.2. The maximum Gasteiger partial charge on any atom is 0.247 e. The highest BCUT2D eigenvalue weighted by Gasteiger charge is 2.31. The Morgan fingerprint density at radius 3 is 2.53 bits per heavy atom. The van der Waals surface area contributed by atoms with E-state index in [1.165, 1.54) is 13.8 Å². The molecular formula is C27H34N4O5. The minimum Gasteiger partial charge on any atom is -0.512 e. The normalized spacial score (nSPS) is 19.9. The topological polar surface area (TPSA) is 115 Å². The molecule has 0 aliphatic carbocycles. The molecule has 0 saturated carbocycles. The van der Waals surface area contributed by atoms with Gasteiger partial charge in [0.15, 0.2) is 5.78 Å². The summed E-state index contributed by atoms with van der Waals surface area (Å²) in [5.74, 6) is 0.0777. The largest absolute Gasteiger partial charge is 0.512 e. The molecule has 3 heterocycles. The van der Waals surface area contributed by atoms with E-state index in [0.717, 1.165) is 55.5 Å². The number of amidine groups is 1. The van der Waals surface area contributed by atoms with Crippen molar-refractivity contribution in [3.8, 4) is 0 Å². The Morgan fingerprint density at radius 2 is 1.83 bits per heavy atom. The number of benzene rings is 1. The number of nitrogens with one attached hydrogen (secondary N) is 1. The Hall–Kier alpha value is -3.62. The highest BCUT2D eigenvalue weighted by Crippen LogP contribution is 2.24. The van der Waals surface area contributed by atoms with Gasteiger partial charge in [-0.2, -0.15) is 0 Å². The molecule has 2 fully saturated rings. The predicted octanol–water partition coefficient (Wildman–Crippen LogP) is 3.98. The molecule has 1 aromatic heterocycles. The van der Waals surface area contributed by atoms with E-state index in [-0.39, 0.29) is 41.3 Å². The summed E-state index contributed by atoms with van der Waals surface area (Å²) in [5.41, 5.74) is 1.40. The van der Waals surface area contributed by atoms with Gasteiger partial charge in [0, 0.05) is 30.7 Å². The highest BCUT2D eigenvalue weighted by atomic mass is 16.3. The number of carbonyl (C=O) groups is 3. The molecule has 2 amide bonds. The van der Waals surface area contributed by atoms with Crippen LogP contribution in [0.1, 0.15) is 51.7 Å². The first-order valence-electron chi connectivity index (χ1n) is 12.6. The summed E-state index contributed by atoms with van der Waals surface area (Å²) in [5, 5.41) is 14.4. The first-order valence-corrected chi connectivity index (χ1v) is 12.6. The molecule has 0 bridgehead atoms. The number of fused-ring (bicyclic) bond motifs is 1. The van der Waals surface area contributed by atoms with Crippen molar-refractivity contribution in [3.05, 3.63) is 41.4 Å². The van der Waals surface area contributed by atoms with Crippen LogP contribution < -0.4 is 5.32 Å². The molecule has 0 radical (unpaired) electrons. The van der Waals surface area contributed by atoms with E-state index in [4.69, 9.17) is 4.42 Å². The molecule has 1 atom stereocenters.